The van der Waals surface area contributed by atoms with Crippen LogP contribution in [-0.4, -0.2) is 27.4 Å². The normalized spacial score (nSPS) is 16.9. The second-order valence-electron chi connectivity index (χ2n) is 6.31. The molecule has 1 saturated heterocycles. The number of nitrogens with zero attached hydrogens (tertiary/aromatic N) is 4. The van der Waals surface area contributed by atoms with Crippen molar-refractivity contribution in [2.24, 2.45) is 5.92 Å². The predicted octanol–water partition coefficient (Wildman–Crippen LogP) is 3.79. The first-order valence-electron chi connectivity index (χ1n) is 8.49. The highest BCUT2D eigenvalue weighted by molar-refractivity contribution is 6.29. The smallest absolute Gasteiger partial charge is 0.230 e. The van der Waals surface area contributed by atoms with Crippen molar-refractivity contribution in [3.8, 4) is 11.3 Å². The molecule has 6 heteroatoms. The lowest BCUT2D eigenvalue weighted by molar-refractivity contribution is -0.120. The Morgan fingerprint density at radius 1 is 1.04 bits per heavy atom. The van der Waals surface area contributed by atoms with Gasteiger partial charge >= 0.3 is 0 Å². The summed E-state index contributed by atoms with van der Waals surface area (Å²) < 4.78 is 0. The second kappa shape index (κ2) is 7.22. The molecule has 0 saturated carbocycles. The molecule has 0 unspecified atom stereocenters. The SMILES string of the molecule is O=C1[C@H](Cc2ccc(Cl)nc2)CCN1c1ccc(-c2ccncc2)nc1. The summed E-state index contributed by atoms with van der Waals surface area (Å²) in [6.07, 6.45) is 8.50. The van der Waals surface area contributed by atoms with E-state index in [4.69, 9.17) is 11.6 Å². The van der Waals surface area contributed by atoms with Crippen LogP contribution in [0.15, 0.2) is 61.2 Å². The highest BCUT2D eigenvalue weighted by Gasteiger charge is 2.32. The number of amides is 1. The summed E-state index contributed by atoms with van der Waals surface area (Å²) in [4.78, 5) is 27.2. The molecule has 0 aromatic carbocycles. The van der Waals surface area contributed by atoms with E-state index in [-0.39, 0.29) is 11.8 Å². The van der Waals surface area contributed by atoms with E-state index in [1.807, 2.05) is 35.2 Å². The third-order valence-electron chi connectivity index (χ3n) is 4.62. The summed E-state index contributed by atoms with van der Waals surface area (Å²) in [5.74, 6) is 0.108. The molecule has 130 valence electrons. The largest absolute Gasteiger partial charge is 0.311 e. The monoisotopic (exact) mass is 364 g/mol. The topological polar surface area (TPSA) is 59.0 Å². The van der Waals surface area contributed by atoms with Crippen molar-refractivity contribution in [2.45, 2.75) is 12.8 Å². The third-order valence-corrected chi connectivity index (χ3v) is 4.85. The molecule has 1 fully saturated rings. The van der Waals surface area contributed by atoms with Gasteiger partial charge in [0.1, 0.15) is 5.15 Å². The first-order chi connectivity index (χ1) is 12.7. The van der Waals surface area contributed by atoms with Crippen LogP contribution in [0, 0.1) is 5.92 Å². The molecule has 5 nitrogen and oxygen atoms in total. The number of hydrogen-bond acceptors (Lipinski definition) is 4. The molecule has 1 atom stereocenters. The zero-order chi connectivity index (χ0) is 17.9. The zero-order valence-corrected chi connectivity index (χ0v) is 14.8. The molecule has 0 aliphatic carbocycles. The summed E-state index contributed by atoms with van der Waals surface area (Å²) in [5.41, 5.74) is 3.74. The van der Waals surface area contributed by atoms with Crippen LogP contribution in [0.3, 0.4) is 0 Å². The molecule has 4 rings (SSSR count). The minimum atomic E-state index is -0.0298. The van der Waals surface area contributed by atoms with Gasteiger partial charge in [0.15, 0.2) is 0 Å². The maximum atomic E-state index is 12.8. The van der Waals surface area contributed by atoms with Gasteiger partial charge in [-0.15, -0.1) is 0 Å². The minimum Gasteiger partial charge on any atom is -0.311 e. The Labute approximate surface area is 156 Å². The van der Waals surface area contributed by atoms with Gasteiger partial charge in [-0.25, -0.2) is 4.98 Å². The van der Waals surface area contributed by atoms with Gasteiger partial charge in [0.05, 0.1) is 17.6 Å². The first-order valence-corrected chi connectivity index (χ1v) is 8.87. The fourth-order valence-corrected chi connectivity index (χ4v) is 3.35. The number of carbonyl (C=O) groups is 1. The average Bonchev–Trinajstić information content (AvgIpc) is 3.05. The highest BCUT2D eigenvalue weighted by Crippen LogP contribution is 2.28. The Balaban J connectivity index is 1.47. The molecule has 1 aliphatic rings. The number of hydrogen-bond donors (Lipinski definition) is 0. The summed E-state index contributed by atoms with van der Waals surface area (Å²) in [6, 6.07) is 11.4. The third kappa shape index (κ3) is 3.44. The van der Waals surface area contributed by atoms with Crippen molar-refractivity contribution in [1.82, 2.24) is 15.0 Å². The summed E-state index contributed by atoms with van der Waals surface area (Å²) >= 11 is 5.82. The van der Waals surface area contributed by atoms with Crippen molar-refractivity contribution < 1.29 is 4.79 Å². The van der Waals surface area contributed by atoms with E-state index in [0.29, 0.717) is 18.1 Å². The van der Waals surface area contributed by atoms with Gasteiger partial charge in [0.25, 0.3) is 0 Å². The van der Waals surface area contributed by atoms with Gasteiger partial charge < -0.3 is 4.90 Å². The Kier molecular flexibility index (Phi) is 4.63. The standard InChI is InChI=1S/C20H17ClN4O/c21-19-4-1-14(12-24-19)11-16-7-10-25(20(16)26)17-2-3-18(23-13-17)15-5-8-22-9-6-15/h1-6,8-9,12-13,16H,7,10-11H2/t16-/m0/s1. The number of halogens is 1. The van der Waals surface area contributed by atoms with Crippen molar-refractivity contribution in [3.05, 3.63) is 71.9 Å². The van der Waals surface area contributed by atoms with Gasteiger partial charge in [0, 0.05) is 36.6 Å². The molecule has 3 aromatic rings. The lowest BCUT2D eigenvalue weighted by atomic mass is 9.99. The van der Waals surface area contributed by atoms with Crippen LogP contribution in [0.2, 0.25) is 5.15 Å². The van der Waals surface area contributed by atoms with Crippen molar-refractivity contribution in [1.29, 1.82) is 0 Å². The van der Waals surface area contributed by atoms with Crippen molar-refractivity contribution in [2.75, 3.05) is 11.4 Å². The minimum absolute atomic E-state index is 0.0298. The van der Waals surface area contributed by atoms with Crippen LogP contribution < -0.4 is 4.90 Å². The zero-order valence-electron chi connectivity index (χ0n) is 14.0. The van der Waals surface area contributed by atoms with Gasteiger partial charge in [-0.2, -0.15) is 0 Å². The lowest BCUT2D eigenvalue weighted by Crippen LogP contribution is -2.27. The Hall–Kier alpha value is -2.79. The number of carbonyl (C=O) groups excluding carboxylic acids is 1. The Morgan fingerprint density at radius 3 is 2.58 bits per heavy atom. The van der Waals surface area contributed by atoms with Crippen LogP contribution in [0.5, 0.6) is 0 Å². The Morgan fingerprint density at radius 2 is 1.88 bits per heavy atom. The number of aromatic nitrogens is 3. The number of pyridine rings is 3. The number of anilines is 1. The van der Waals surface area contributed by atoms with E-state index < -0.39 is 0 Å². The summed E-state index contributed by atoms with van der Waals surface area (Å²) in [7, 11) is 0. The summed E-state index contributed by atoms with van der Waals surface area (Å²) in [6.45, 7) is 0.709. The molecule has 0 N–H and O–H groups in total. The van der Waals surface area contributed by atoms with E-state index in [1.54, 1.807) is 30.9 Å². The molecular weight excluding hydrogens is 348 g/mol. The fourth-order valence-electron chi connectivity index (χ4n) is 3.24. The van der Waals surface area contributed by atoms with E-state index in [2.05, 4.69) is 15.0 Å². The van der Waals surface area contributed by atoms with Crippen LogP contribution in [0.25, 0.3) is 11.3 Å². The van der Waals surface area contributed by atoms with E-state index >= 15 is 0 Å². The summed E-state index contributed by atoms with van der Waals surface area (Å²) in [5, 5.41) is 0.466. The van der Waals surface area contributed by atoms with Crippen LogP contribution in [-0.2, 0) is 11.2 Å². The van der Waals surface area contributed by atoms with Gasteiger partial charge in [0.2, 0.25) is 5.91 Å². The second-order valence-corrected chi connectivity index (χ2v) is 6.69. The van der Waals surface area contributed by atoms with Crippen LogP contribution in [0.1, 0.15) is 12.0 Å². The lowest BCUT2D eigenvalue weighted by Gasteiger charge is -2.17. The predicted molar refractivity (Wildman–Crippen MR) is 101 cm³/mol. The molecule has 0 bridgehead atoms. The van der Waals surface area contributed by atoms with Gasteiger partial charge in [-0.05, 0) is 48.7 Å². The molecule has 26 heavy (non-hydrogen) atoms. The maximum Gasteiger partial charge on any atom is 0.230 e. The van der Waals surface area contributed by atoms with Crippen LogP contribution >= 0.6 is 11.6 Å². The molecule has 0 radical (unpaired) electrons. The molecule has 0 spiro atoms. The molecule has 1 aliphatic heterocycles. The first kappa shape index (κ1) is 16.7. The highest BCUT2D eigenvalue weighted by atomic mass is 35.5. The van der Waals surface area contributed by atoms with E-state index in [9.17, 15) is 4.79 Å². The van der Waals surface area contributed by atoms with Gasteiger partial charge in [-0.1, -0.05) is 17.7 Å². The fraction of sp³-hybridized carbons (Fsp3) is 0.200. The Bertz CT molecular complexity index is 897. The molecule has 4 heterocycles. The molecular formula is C20H17ClN4O. The van der Waals surface area contributed by atoms with E-state index in [1.165, 1.54) is 0 Å². The quantitative estimate of drug-likeness (QED) is 0.661. The average molecular weight is 365 g/mol. The number of rotatable bonds is 4. The van der Waals surface area contributed by atoms with Gasteiger partial charge in [-0.3, -0.25) is 14.8 Å². The molecule has 1 amide bonds. The van der Waals surface area contributed by atoms with Crippen molar-refractivity contribution >= 4 is 23.2 Å². The van der Waals surface area contributed by atoms with Crippen molar-refractivity contribution in [3.63, 3.8) is 0 Å². The maximum absolute atomic E-state index is 12.8. The van der Waals surface area contributed by atoms with Crippen LogP contribution in [0.4, 0.5) is 5.69 Å². The molecule has 3 aromatic heterocycles. The van der Waals surface area contributed by atoms with E-state index in [0.717, 1.165) is 28.9 Å².